The van der Waals surface area contributed by atoms with E-state index in [-0.39, 0.29) is 11.8 Å². The van der Waals surface area contributed by atoms with Gasteiger partial charge < -0.3 is 5.32 Å². The molecule has 0 bridgehead atoms. The summed E-state index contributed by atoms with van der Waals surface area (Å²) < 4.78 is 0. The number of hydrogen-bond acceptors (Lipinski definition) is 3. The van der Waals surface area contributed by atoms with Crippen LogP contribution < -0.4 is 5.32 Å². The second-order valence-electron chi connectivity index (χ2n) is 4.47. The molecule has 1 N–H and O–H groups in total. The maximum Gasteiger partial charge on any atom is 0.185 e. The molecule has 0 fully saturated rings. The number of anilines is 1. The molecule has 0 spiro atoms. The fraction of sp³-hybridized carbons (Fsp3) is 0.200. The highest BCUT2D eigenvalue weighted by Crippen LogP contribution is 2.23. The summed E-state index contributed by atoms with van der Waals surface area (Å²) >= 11 is 0. The van der Waals surface area contributed by atoms with E-state index in [0.29, 0.717) is 0 Å². The Labute approximate surface area is 106 Å². The highest BCUT2D eigenvalue weighted by atomic mass is 16.1. The molecule has 1 heterocycles. The van der Waals surface area contributed by atoms with Crippen LogP contribution in [0.25, 0.3) is 0 Å². The minimum Gasteiger partial charge on any atom is -0.360 e. The smallest absolute Gasteiger partial charge is 0.185 e. The van der Waals surface area contributed by atoms with Crippen molar-refractivity contribution in [2.75, 3.05) is 5.32 Å². The molecule has 1 atom stereocenters. The standard InChI is InChI=1S/C15H14N2O/c18-15-12-6-2-1-5-11(12)8-9-13(15)17-14-7-3-4-10-16-14/h1-7,10,13H,8-9H2,(H,16,17). The van der Waals surface area contributed by atoms with Crippen molar-refractivity contribution in [3.63, 3.8) is 0 Å². The summed E-state index contributed by atoms with van der Waals surface area (Å²) in [5.74, 6) is 0.928. The summed E-state index contributed by atoms with van der Waals surface area (Å²) in [7, 11) is 0. The average molecular weight is 238 g/mol. The van der Waals surface area contributed by atoms with Gasteiger partial charge in [0.05, 0.1) is 6.04 Å². The minimum atomic E-state index is -0.158. The third-order valence-corrected chi connectivity index (χ3v) is 3.29. The Morgan fingerprint density at radius 2 is 1.94 bits per heavy atom. The molecule has 3 heteroatoms. The van der Waals surface area contributed by atoms with Crippen LogP contribution in [0, 0.1) is 0 Å². The molecule has 0 amide bonds. The molecule has 1 aliphatic rings. The Morgan fingerprint density at radius 3 is 2.78 bits per heavy atom. The number of aryl methyl sites for hydroxylation is 1. The molecule has 2 aromatic rings. The molecular formula is C15H14N2O. The number of nitrogens with one attached hydrogen (secondary N) is 1. The van der Waals surface area contributed by atoms with Gasteiger partial charge in [-0.15, -0.1) is 0 Å². The number of hydrogen-bond donors (Lipinski definition) is 1. The van der Waals surface area contributed by atoms with Crippen LogP contribution in [0.4, 0.5) is 5.82 Å². The molecule has 0 saturated carbocycles. The number of carbonyl (C=O) groups is 1. The van der Waals surface area contributed by atoms with Crippen LogP contribution in [-0.2, 0) is 6.42 Å². The zero-order valence-corrected chi connectivity index (χ0v) is 9.97. The monoisotopic (exact) mass is 238 g/mol. The number of nitrogens with zero attached hydrogens (tertiary/aromatic N) is 1. The van der Waals surface area contributed by atoms with Crippen LogP contribution in [0.5, 0.6) is 0 Å². The molecule has 3 nitrogen and oxygen atoms in total. The number of rotatable bonds is 2. The van der Waals surface area contributed by atoms with E-state index in [1.165, 1.54) is 0 Å². The zero-order valence-electron chi connectivity index (χ0n) is 9.97. The first kappa shape index (κ1) is 11.0. The molecule has 1 unspecified atom stereocenters. The molecule has 1 aliphatic carbocycles. The molecule has 1 aromatic carbocycles. The second kappa shape index (κ2) is 4.61. The van der Waals surface area contributed by atoms with Crippen molar-refractivity contribution in [1.29, 1.82) is 0 Å². The third-order valence-electron chi connectivity index (χ3n) is 3.29. The third kappa shape index (κ3) is 1.99. The van der Waals surface area contributed by atoms with Crippen molar-refractivity contribution in [2.45, 2.75) is 18.9 Å². The second-order valence-corrected chi connectivity index (χ2v) is 4.47. The average Bonchev–Trinajstić information content (AvgIpc) is 2.43. The number of aromatic nitrogens is 1. The molecule has 1 aromatic heterocycles. The summed E-state index contributed by atoms with van der Waals surface area (Å²) in [4.78, 5) is 16.5. The first-order valence-corrected chi connectivity index (χ1v) is 6.14. The zero-order chi connectivity index (χ0) is 12.4. The first-order chi connectivity index (χ1) is 8.84. The van der Waals surface area contributed by atoms with E-state index in [1.54, 1.807) is 6.20 Å². The van der Waals surface area contributed by atoms with Gasteiger partial charge in [0, 0.05) is 11.8 Å². The Bertz CT molecular complexity index is 566. The fourth-order valence-electron chi connectivity index (χ4n) is 2.36. The Morgan fingerprint density at radius 1 is 1.11 bits per heavy atom. The molecule has 90 valence electrons. The largest absolute Gasteiger partial charge is 0.360 e. The van der Waals surface area contributed by atoms with Crippen molar-refractivity contribution < 1.29 is 4.79 Å². The first-order valence-electron chi connectivity index (χ1n) is 6.14. The van der Waals surface area contributed by atoms with Gasteiger partial charge in [-0.1, -0.05) is 30.3 Å². The minimum absolute atomic E-state index is 0.158. The number of carbonyl (C=O) groups excluding carboxylic acids is 1. The molecule has 0 aliphatic heterocycles. The van der Waals surface area contributed by atoms with Gasteiger partial charge in [-0.3, -0.25) is 4.79 Å². The lowest BCUT2D eigenvalue weighted by molar-refractivity contribution is 0.0957. The van der Waals surface area contributed by atoms with E-state index in [9.17, 15) is 4.79 Å². The molecule has 18 heavy (non-hydrogen) atoms. The van der Waals surface area contributed by atoms with Gasteiger partial charge in [0.2, 0.25) is 0 Å². The topological polar surface area (TPSA) is 42.0 Å². The van der Waals surface area contributed by atoms with Gasteiger partial charge in [-0.25, -0.2) is 4.98 Å². The van der Waals surface area contributed by atoms with Crippen molar-refractivity contribution in [3.8, 4) is 0 Å². The molecule has 0 radical (unpaired) electrons. The van der Waals surface area contributed by atoms with E-state index in [2.05, 4.69) is 10.3 Å². The van der Waals surface area contributed by atoms with E-state index in [0.717, 1.165) is 29.8 Å². The van der Waals surface area contributed by atoms with Crippen molar-refractivity contribution in [2.24, 2.45) is 0 Å². The van der Waals surface area contributed by atoms with Crippen LogP contribution in [0.15, 0.2) is 48.7 Å². The van der Waals surface area contributed by atoms with Gasteiger partial charge in [0.1, 0.15) is 5.82 Å². The predicted molar refractivity (Wildman–Crippen MR) is 70.7 cm³/mol. The highest BCUT2D eigenvalue weighted by Gasteiger charge is 2.26. The normalized spacial score (nSPS) is 18.2. The highest BCUT2D eigenvalue weighted by molar-refractivity contribution is 6.03. The van der Waals surface area contributed by atoms with E-state index >= 15 is 0 Å². The summed E-state index contributed by atoms with van der Waals surface area (Å²) in [5.41, 5.74) is 2.00. The van der Waals surface area contributed by atoms with Gasteiger partial charge in [-0.2, -0.15) is 0 Å². The number of benzene rings is 1. The Kier molecular flexibility index (Phi) is 2.81. The van der Waals surface area contributed by atoms with Crippen LogP contribution in [0.1, 0.15) is 22.3 Å². The van der Waals surface area contributed by atoms with Gasteiger partial charge in [0.15, 0.2) is 5.78 Å². The molecule has 3 rings (SSSR count). The molecule has 0 saturated heterocycles. The number of ketones is 1. The lowest BCUT2D eigenvalue weighted by Gasteiger charge is -2.24. The Hall–Kier alpha value is -2.16. The summed E-state index contributed by atoms with van der Waals surface area (Å²) in [5, 5.41) is 3.21. The SMILES string of the molecule is O=C1c2ccccc2CCC1Nc1ccccn1. The van der Waals surface area contributed by atoms with Crippen LogP contribution >= 0.6 is 0 Å². The predicted octanol–water partition coefficient (Wildman–Crippen LogP) is 2.69. The van der Waals surface area contributed by atoms with Crippen molar-refractivity contribution in [3.05, 3.63) is 59.8 Å². The van der Waals surface area contributed by atoms with E-state index in [4.69, 9.17) is 0 Å². The summed E-state index contributed by atoms with van der Waals surface area (Å²) in [6.07, 6.45) is 3.49. The van der Waals surface area contributed by atoms with E-state index < -0.39 is 0 Å². The van der Waals surface area contributed by atoms with Crippen LogP contribution in [-0.4, -0.2) is 16.8 Å². The summed E-state index contributed by atoms with van der Waals surface area (Å²) in [6.45, 7) is 0. The summed E-state index contributed by atoms with van der Waals surface area (Å²) in [6, 6.07) is 13.3. The lowest BCUT2D eigenvalue weighted by Crippen LogP contribution is -2.34. The lowest BCUT2D eigenvalue weighted by atomic mass is 9.87. The maximum atomic E-state index is 12.3. The van der Waals surface area contributed by atoms with E-state index in [1.807, 2.05) is 42.5 Å². The quantitative estimate of drug-likeness (QED) is 0.874. The van der Waals surface area contributed by atoms with Crippen LogP contribution in [0.2, 0.25) is 0 Å². The van der Waals surface area contributed by atoms with Crippen molar-refractivity contribution in [1.82, 2.24) is 4.98 Å². The Balaban J connectivity index is 1.83. The van der Waals surface area contributed by atoms with Gasteiger partial charge >= 0.3 is 0 Å². The van der Waals surface area contributed by atoms with Gasteiger partial charge in [-0.05, 0) is 30.5 Å². The number of pyridine rings is 1. The number of fused-ring (bicyclic) bond motifs is 1. The maximum absolute atomic E-state index is 12.3. The van der Waals surface area contributed by atoms with Crippen molar-refractivity contribution >= 4 is 11.6 Å². The van der Waals surface area contributed by atoms with Gasteiger partial charge in [0.25, 0.3) is 0 Å². The molecular weight excluding hydrogens is 224 g/mol. The fourth-order valence-corrected chi connectivity index (χ4v) is 2.36. The number of Topliss-reactive ketones (excluding diaryl/α,β-unsaturated/α-hetero) is 1. The van der Waals surface area contributed by atoms with Crippen LogP contribution in [0.3, 0.4) is 0 Å².